The van der Waals surface area contributed by atoms with Crippen LogP contribution in [0.3, 0.4) is 0 Å². The Balaban J connectivity index is 2.31. The Morgan fingerprint density at radius 1 is 1.23 bits per heavy atom. The number of carbonyl (C=O) groups is 2. The third-order valence-electron chi connectivity index (χ3n) is 5.57. The Labute approximate surface area is 183 Å². The predicted octanol–water partition coefficient (Wildman–Crippen LogP) is 5.97. The third kappa shape index (κ3) is 4.87. The van der Waals surface area contributed by atoms with E-state index in [2.05, 4.69) is 0 Å². The van der Waals surface area contributed by atoms with Crippen LogP contribution in [0.4, 0.5) is 13.2 Å². The molecule has 31 heavy (non-hydrogen) atoms. The van der Waals surface area contributed by atoms with Gasteiger partial charge in [-0.05, 0) is 55.0 Å². The lowest BCUT2D eigenvalue weighted by Crippen LogP contribution is -2.33. The van der Waals surface area contributed by atoms with Gasteiger partial charge in [0.1, 0.15) is 0 Å². The van der Waals surface area contributed by atoms with Gasteiger partial charge in [-0.25, -0.2) is 0 Å². The van der Waals surface area contributed by atoms with Crippen LogP contribution in [0.15, 0.2) is 36.4 Å². The average molecular weight is 454 g/mol. The fraction of sp³-hybridized carbons (Fsp3) is 0.391. The molecule has 1 fully saturated rings. The first-order chi connectivity index (χ1) is 14.6. The van der Waals surface area contributed by atoms with Gasteiger partial charge in [-0.2, -0.15) is 13.2 Å². The lowest BCUT2D eigenvalue weighted by atomic mass is 9.85. The second kappa shape index (κ2) is 8.91. The van der Waals surface area contributed by atoms with Gasteiger partial charge in [-0.3, -0.25) is 9.59 Å². The topological polar surface area (TPSA) is 57.6 Å². The molecule has 0 bridgehead atoms. The number of hydrogen-bond donors (Lipinski definition) is 1. The van der Waals surface area contributed by atoms with E-state index in [9.17, 15) is 27.9 Å². The molecule has 1 N–H and O–H groups in total. The van der Waals surface area contributed by atoms with Crippen molar-refractivity contribution in [1.29, 1.82) is 0 Å². The molecule has 0 saturated heterocycles. The summed E-state index contributed by atoms with van der Waals surface area (Å²) in [7, 11) is 0. The molecule has 0 heterocycles. The zero-order chi connectivity index (χ0) is 22.9. The number of rotatable bonds is 7. The number of amides is 1. The molecule has 1 unspecified atom stereocenters. The largest absolute Gasteiger partial charge is 0.481 e. The van der Waals surface area contributed by atoms with Gasteiger partial charge in [0.2, 0.25) is 5.91 Å². The normalized spacial score (nSPS) is 14.9. The molecule has 0 aromatic heterocycles. The Morgan fingerprint density at radius 3 is 2.32 bits per heavy atom. The standard InChI is InChI=1S/C23H23ClF3NO3/c1-3-28(21(29)15-9-10-15)12-17-16(14-7-5-4-6-8-14)11-18(24)20(23(25,26)27)19(17)13(2)22(30)31/h4-8,11,13,15H,3,9-10,12H2,1-2H3,(H,30,31). The molecule has 1 amide bonds. The Bertz CT molecular complexity index is 988. The third-order valence-corrected chi connectivity index (χ3v) is 5.87. The van der Waals surface area contributed by atoms with E-state index < -0.39 is 34.2 Å². The number of nitrogens with zero attached hydrogens (tertiary/aromatic N) is 1. The van der Waals surface area contributed by atoms with E-state index in [1.165, 1.54) is 17.9 Å². The summed E-state index contributed by atoms with van der Waals surface area (Å²) < 4.78 is 42.0. The monoisotopic (exact) mass is 453 g/mol. The molecule has 2 aromatic rings. The predicted molar refractivity (Wildman–Crippen MR) is 112 cm³/mol. The minimum Gasteiger partial charge on any atom is -0.481 e. The second-order valence-electron chi connectivity index (χ2n) is 7.72. The summed E-state index contributed by atoms with van der Waals surface area (Å²) in [6, 6.07) is 9.90. The molecule has 3 rings (SSSR count). The number of halogens is 4. The molecule has 166 valence electrons. The van der Waals surface area contributed by atoms with Crippen molar-refractivity contribution in [3.05, 3.63) is 58.1 Å². The number of hydrogen-bond acceptors (Lipinski definition) is 2. The summed E-state index contributed by atoms with van der Waals surface area (Å²) in [5.74, 6) is -3.11. The van der Waals surface area contributed by atoms with Crippen molar-refractivity contribution in [2.45, 2.75) is 45.3 Å². The van der Waals surface area contributed by atoms with Crippen LogP contribution in [0.1, 0.15) is 49.3 Å². The average Bonchev–Trinajstić information content (AvgIpc) is 3.56. The van der Waals surface area contributed by atoms with Gasteiger partial charge in [0.25, 0.3) is 0 Å². The van der Waals surface area contributed by atoms with Gasteiger partial charge < -0.3 is 10.0 Å². The van der Waals surface area contributed by atoms with E-state index in [-0.39, 0.29) is 23.9 Å². The van der Waals surface area contributed by atoms with Crippen LogP contribution in [0.25, 0.3) is 11.1 Å². The number of alkyl halides is 3. The zero-order valence-corrected chi connectivity index (χ0v) is 17.9. The number of aliphatic carboxylic acids is 1. The van der Waals surface area contributed by atoms with E-state index in [0.29, 0.717) is 17.7 Å². The van der Waals surface area contributed by atoms with E-state index in [1.807, 2.05) is 0 Å². The first-order valence-corrected chi connectivity index (χ1v) is 10.4. The first kappa shape index (κ1) is 23.1. The fourth-order valence-corrected chi connectivity index (χ4v) is 4.09. The highest BCUT2D eigenvalue weighted by Crippen LogP contribution is 2.45. The van der Waals surface area contributed by atoms with Crippen molar-refractivity contribution >= 4 is 23.5 Å². The van der Waals surface area contributed by atoms with Crippen molar-refractivity contribution in [2.75, 3.05) is 6.54 Å². The van der Waals surface area contributed by atoms with Gasteiger partial charge in [0.05, 0.1) is 16.5 Å². The van der Waals surface area contributed by atoms with Crippen LogP contribution in [0.2, 0.25) is 5.02 Å². The Morgan fingerprint density at radius 2 is 1.84 bits per heavy atom. The fourth-order valence-electron chi connectivity index (χ4n) is 3.77. The summed E-state index contributed by atoms with van der Waals surface area (Å²) in [5.41, 5.74) is -0.401. The summed E-state index contributed by atoms with van der Waals surface area (Å²) in [5, 5.41) is 9.05. The highest BCUT2D eigenvalue weighted by atomic mass is 35.5. The van der Waals surface area contributed by atoms with Gasteiger partial charge in [-0.15, -0.1) is 0 Å². The lowest BCUT2D eigenvalue weighted by Gasteiger charge is -2.28. The molecular weight excluding hydrogens is 431 g/mol. The van der Waals surface area contributed by atoms with Gasteiger partial charge >= 0.3 is 12.1 Å². The minimum atomic E-state index is -4.85. The van der Waals surface area contributed by atoms with Crippen LogP contribution in [0, 0.1) is 5.92 Å². The lowest BCUT2D eigenvalue weighted by molar-refractivity contribution is -0.141. The van der Waals surface area contributed by atoms with Crippen LogP contribution >= 0.6 is 11.6 Å². The maximum atomic E-state index is 14.0. The van der Waals surface area contributed by atoms with Crippen LogP contribution in [-0.2, 0) is 22.3 Å². The summed E-state index contributed by atoms with van der Waals surface area (Å²) in [4.78, 5) is 26.0. The second-order valence-corrected chi connectivity index (χ2v) is 8.13. The molecular formula is C23H23ClF3NO3. The van der Waals surface area contributed by atoms with Crippen LogP contribution < -0.4 is 0 Å². The molecule has 2 aromatic carbocycles. The quantitative estimate of drug-likeness (QED) is 0.561. The van der Waals surface area contributed by atoms with Crippen LogP contribution in [0.5, 0.6) is 0 Å². The van der Waals surface area contributed by atoms with Gasteiger partial charge in [-0.1, -0.05) is 41.9 Å². The van der Waals surface area contributed by atoms with E-state index in [0.717, 1.165) is 12.8 Å². The van der Waals surface area contributed by atoms with Gasteiger partial charge in [0.15, 0.2) is 0 Å². The Kier molecular flexibility index (Phi) is 6.65. The summed E-state index contributed by atoms with van der Waals surface area (Å²) >= 11 is 6.09. The zero-order valence-electron chi connectivity index (χ0n) is 17.2. The highest BCUT2D eigenvalue weighted by molar-refractivity contribution is 6.32. The molecule has 8 heteroatoms. The molecule has 4 nitrogen and oxygen atoms in total. The van der Waals surface area contributed by atoms with Crippen LogP contribution in [-0.4, -0.2) is 28.4 Å². The van der Waals surface area contributed by atoms with Crippen molar-refractivity contribution in [3.8, 4) is 11.1 Å². The van der Waals surface area contributed by atoms with Crippen molar-refractivity contribution < 1.29 is 27.9 Å². The van der Waals surface area contributed by atoms with E-state index in [1.54, 1.807) is 37.3 Å². The van der Waals surface area contributed by atoms with Crippen molar-refractivity contribution in [3.63, 3.8) is 0 Å². The molecule has 0 spiro atoms. The molecule has 1 aliphatic carbocycles. The number of carboxylic acid groups (broad SMARTS) is 1. The first-order valence-electron chi connectivity index (χ1n) is 10.1. The Hall–Kier alpha value is -2.54. The smallest absolute Gasteiger partial charge is 0.418 e. The van der Waals surface area contributed by atoms with Gasteiger partial charge in [0, 0.05) is 19.0 Å². The SMILES string of the molecule is CCN(Cc1c(-c2ccccc2)cc(Cl)c(C(F)(F)F)c1C(C)C(=O)O)C(=O)C1CC1. The number of carboxylic acids is 1. The summed E-state index contributed by atoms with van der Waals surface area (Å²) in [6.07, 6.45) is -3.33. The van der Waals surface area contributed by atoms with Crippen molar-refractivity contribution in [1.82, 2.24) is 4.90 Å². The summed E-state index contributed by atoms with van der Waals surface area (Å²) in [6.45, 7) is 3.14. The van der Waals surface area contributed by atoms with E-state index in [4.69, 9.17) is 11.6 Å². The van der Waals surface area contributed by atoms with Crippen molar-refractivity contribution in [2.24, 2.45) is 5.92 Å². The molecule has 1 saturated carbocycles. The maximum Gasteiger partial charge on any atom is 0.418 e. The molecule has 1 atom stereocenters. The molecule has 0 aliphatic heterocycles. The molecule has 1 aliphatic rings. The molecule has 0 radical (unpaired) electrons. The highest BCUT2D eigenvalue weighted by Gasteiger charge is 2.41. The number of carbonyl (C=O) groups excluding carboxylic acids is 1. The minimum absolute atomic E-state index is 0.116. The number of benzene rings is 2. The maximum absolute atomic E-state index is 14.0. The van der Waals surface area contributed by atoms with E-state index >= 15 is 0 Å².